The molecular formula is C13H21NO2. The van der Waals surface area contributed by atoms with Crippen molar-refractivity contribution >= 4 is 0 Å². The minimum absolute atomic E-state index is 0.0554. The number of hydrogen-bond acceptors (Lipinski definition) is 3. The Balaban J connectivity index is 2.89. The van der Waals surface area contributed by atoms with Crippen LogP contribution in [-0.2, 0) is 0 Å². The van der Waals surface area contributed by atoms with E-state index in [4.69, 9.17) is 15.2 Å². The van der Waals surface area contributed by atoms with Gasteiger partial charge in [-0.3, -0.25) is 0 Å². The van der Waals surface area contributed by atoms with Crippen LogP contribution < -0.4 is 15.2 Å². The average molecular weight is 223 g/mol. The second kappa shape index (κ2) is 5.75. The first-order valence-electron chi connectivity index (χ1n) is 5.56. The molecule has 0 radical (unpaired) electrons. The Morgan fingerprint density at radius 1 is 1.12 bits per heavy atom. The highest BCUT2D eigenvalue weighted by Gasteiger charge is 2.11. The van der Waals surface area contributed by atoms with Crippen molar-refractivity contribution < 1.29 is 9.47 Å². The lowest BCUT2D eigenvalue weighted by Gasteiger charge is -2.16. The topological polar surface area (TPSA) is 44.5 Å². The van der Waals surface area contributed by atoms with E-state index in [0.717, 1.165) is 23.5 Å². The molecule has 2 N–H and O–H groups in total. The fourth-order valence-electron chi connectivity index (χ4n) is 1.73. The van der Waals surface area contributed by atoms with Crippen LogP contribution in [0.25, 0.3) is 0 Å². The number of hydrogen-bond donors (Lipinski definition) is 1. The zero-order chi connectivity index (χ0) is 12.1. The molecule has 0 aliphatic heterocycles. The SMILES string of the molecule is COc1ccc([C@@H](N)CC(C)C)cc1OC. The van der Waals surface area contributed by atoms with E-state index in [2.05, 4.69) is 13.8 Å². The lowest BCUT2D eigenvalue weighted by Crippen LogP contribution is -2.13. The predicted octanol–water partition coefficient (Wildman–Crippen LogP) is 2.75. The van der Waals surface area contributed by atoms with Crippen molar-refractivity contribution in [3.63, 3.8) is 0 Å². The highest BCUT2D eigenvalue weighted by Crippen LogP contribution is 2.30. The molecule has 0 fully saturated rings. The van der Waals surface area contributed by atoms with E-state index in [0.29, 0.717) is 5.92 Å². The maximum atomic E-state index is 6.11. The molecule has 0 spiro atoms. The molecule has 16 heavy (non-hydrogen) atoms. The maximum Gasteiger partial charge on any atom is 0.161 e. The lowest BCUT2D eigenvalue weighted by molar-refractivity contribution is 0.354. The van der Waals surface area contributed by atoms with E-state index in [1.165, 1.54) is 0 Å². The Labute approximate surface area is 97.6 Å². The Hall–Kier alpha value is -1.22. The first-order valence-corrected chi connectivity index (χ1v) is 5.56. The van der Waals surface area contributed by atoms with Crippen LogP contribution in [0.2, 0.25) is 0 Å². The molecule has 0 aliphatic rings. The standard InChI is InChI=1S/C13H21NO2/c1-9(2)7-11(14)10-5-6-12(15-3)13(8-10)16-4/h5-6,8-9,11H,7,14H2,1-4H3/t11-/m0/s1. The van der Waals surface area contributed by atoms with Crippen molar-refractivity contribution in [1.29, 1.82) is 0 Å². The number of nitrogens with two attached hydrogens (primary N) is 1. The van der Waals surface area contributed by atoms with Crippen LogP contribution in [0.15, 0.2) is 18.2 Å². The molecule has 0 saturated carbocycles. The van der Waals surface area contributed by atoms with Gasteiger partial charge in [-0.25, -0.2) is 0 Å². The summed E-state index contributed by atoms with van der Waals surface area (Å²) in [5.74, 6) is 2.06. The highest BCUT2D eigenvalue weighted by atomic mass is 16.5. The summed E-state index contributed by atoms with van der Waals surface area (Å²) in [5.41, 5.74) is 7.20. The average Bonchev–Trinajstić information content (AvgIpc) is 2.27. The van der Waals surface area contributed by atoms with E-state index < -0.39 is 0 Å². The van der Waals surface area contributed by atoms with Crippen molar-refractivity contribution in [2.75, 3.05) is 14.2 Å². The fraction of sp³-hybridized carbons (Fsp3) is 0.538. The van der Waals surface area contributed by atoms with E-state index >= 15 is 0 Å². The Bertz CT molecular complexity index is 337. The van der Waals surface area contributed by atoms with Crippen LogP contribution in [-0.4, -0.2) is 14.2 Å². The van der Waals surface area contributed by atoms with Gasteiger partial charge in [0.1, 0.15) is 0 Å². The second-order valence-corrected chi connectivity index (χ2v) is 4.35. The lowest BCUT2D eigenvalue weighted by atomic mass is 9.97. The molecule has 0 bridgehead atoms. The van der Waals surface area contributed by atoms with Gasteiger partial charge in [-0.2, -0.15) is 0 Å². The van der Waals surface area contributed by atoms with Crippen LogP contribution in [0.4, 0.5) is 0 Å². The van der Waals surface area contributed by atoms with Gasteiger partial charge in [0.15, 0.2) is 11.5 Å². The summed E-state index contributed by atoms with van der Waals surface area (Å²) in [5, 5.41) is 0. The number of rotatable bonds is 5. The van der Waals surface area contributed by atoms with Gasteiger partial charge in [-0.15, -0.1) is 0 Å². The zero-order valence-electron chi connectivity index (χ0n) is 10.5. The van der Waals surface area contributed by atoms with E-state index in [1.807, 2.05) is 18.2 Å². The minimum atomic E-state index is 0.0554. The normalized spacial score (nSPS) is 12.6. The summed E-state index contributed by atoms with van der Waals surface area (Å²) in [6.07, 6.45) is 0.968. The molecule has 1 aromatic rings. The van der Waals surface area contributed by atoms with Crippen LogP contribution >= 0.6 is 0 Å². The molecule has 0 heterocycles. The Kier molecular flexibility index (Phi) is 4.62. The monoisotopic (exact) mass is 223 g/mol. The molecule has 0 aliphatic carbocycles. The summed E-state index contributed by atoms with van der Waals surface area (Å²) < 4.78 is 10.4. The molecule has 0 saturated heterocycles. The van der Waals surface area contributed by atoms with E-state index in [9.17, 15) is 0 Å². The largest absolute Gasteiger partial charge is 0.493 e. The van der Waals surface area contributed by atoms with Crippen LogP contribution in [0.5, 0.6) is 11.5 Å². The molecule has 1 aromatic carbocycles. The number of methoxy groups -OCH3 is 2. The third-order valence-electron chi connectivity index (χ3n) is 2.56. The fourth-order valence-corrected chi connectivity index (χ4v) is 1.73. The van der Waals surface area contributed by atoms with Gasteiger partial charge in [0.2, 0.25) is 0 Å². The summed E-state index contributed by atoms with van der Waals surface area (Å²) in [6.45, 7) is 4.33. The highest BCUT2D eigenvalue weighted by molar-refractivity contribution is 5.43. The number of ether oxygens (including phenoxy) is 2. The Morgan fingerprint density at radius 2 is 1.75 bits per heavy atom. The van der Waals surface area contributed by atoms with Gasteiger partial charge >= 0.3 is 0 Å². The third kappa shape index (κ3) is 3.14. The maximum absolute atomic E-state index is 6.11. The van der Waals surface area contributed by atoms with Crippen molar-refractivity contribution in [3.8, 4) is 11.5 Å². The van der Waals surface area contributed by atoms with Gasteiger partial charge in [0.25, 0.3) is 0 Å². The summed E-state index contributed by atoms with van der Waals surface area (Å²) in [4.78, 5) is 0. The van der Waals surface area contributed by atoms with Crippen LogP contribution in [0.1, 0.15) is 31.9 Å². The summed E-state index contributed by atoms with van der Waals surface area (Å²) in [7, 11) is 3.27. The van der Waals surface area contributed by atoms with E-state index in [1.54, 1.807) is 14.2 Å². The first kappa shape index (κ1) is 12.8. The summed E-state index contributed by atoms with van der Waals surface area (Å²) in [6, 6.07) is 5.90. The molecule has 3 nitrogen and oxygen atoms in total. The predicted molar refractivity (Wildman–Crippen MR) is 65.9 cm³/mol. The van der Waals surface area contributed by atoms with Crippen molar-refractivity contribution in [1.82, 2.24) is 0 Å². The molecule has 3 heteroatoms. The zero-order valence-corrected chi connectivity index (χ0v) is 10.5. The molecule has 1 rings (SSSR count). The van der Waals surface area contributed by atoms with Gasteiger partial charge < -0.3 is 15.2 Å². The quantitative estimate of drug-likeness (QED) is 0.834. The van der Waals surface area contributed by atoms with E-state index in [-0.39, 0.29) is 6.04 Å². The summed E-state index contributed by atoms with van der Waals surface area (Å²) >= 11 is 0. The molecule has 0 aromatic heterocycles. The van der Waals surface area contributed by atoms with Crippen molar-refractivity contribution in [2.45, 2.75) is 26.3 Å². The van der Waals surface area contributed by atoms with Crippen LogP contribution in [0.3, 0.4) is 0 Å². The van der Waals surface area contributed by atoms with Crippen molar-refractivity contribution in [2.24, 2.45) is 11.7 Å². The smallest absolute Gasteiger partial charge is 0.161 e. The number of benzene rings is 1. The molecule has 1 atom stereocenters. The van der Waals surface area contributed by atoms with Gasteiger partial charge in [-0.05, 0) is 30.0 Å². The molecule has 0 unspecified atom stereocenters. The van der Waals surface area contributed by atoms with Gasteiger partial charge in [0.05, 0.1) is 14.2 Å². The molecular weight excluding hydrogens is 202 g/mol. The molecule has 0 amide bonds. The minimum Gasteiger partial charge on any atom is -0.493 e. The Morgan fingerprint density at radius 3 is 2.25 bits per heavy atom. The second-order valence-electron chi connectivity index (χ2n) is 4.35. The van der Waals surface area contributed by atoms with Gasteiger partial charge in [0, 0.05) is 6.04 Å². The van der Waals surface area contributed by atoms with Gasteiger partial charge in [-0.1, -0.05) is 19.9 Å². The molecule has 90 valence electrons. The van der Waals surface area contributed by atoms with Crippen LogP contribution in [0, 0.1) is 5.92 Å². The first-order chi connectivity index (χ1) is 7.58. The third-order valence-corrected chi connectivity index (χ3v) is 2.56. The van der Waals surface area contributed by atoms with Crippen molar-refractivity contribution in [3.05, 3.63) is 23.8 Å².